The van der Waals surface area contributed by atoms with Gasteiger partial charge in [0.2, 0.25) is 0 Å². The minimum atomic E-state index is 0.250. The average Bonchev–Trinajstić information content (AvgIpc) is 2.41. The number of rotatable bonds is 5. The normalized spacial score (nSPS) is 12.6. The lowest BCUT2D eigenvalue weighted by atomic mass is 10.1. The summed E-state index contributed by atoms with van der Waals surface area (Å²) in [6.07, 6.45) is 0. The zero-order valence-corrected chi connectivity index (χ0v) is 12.7. The molecular weight excluding hydrogens is 300 g/mol. The highest BCUT2D eigenvalue weighted by Crippen LogP contribution is 2.21. The van der Waals surface area contributed by atoms with Crippen LogP contribution in [0.5, 0.6) is 0 Å². The largest absolute Gasteiger partial charge is 0.329 e. The Hall–Kier alpha value is -1.16. The lowest BCUT2D eigenvalue weighted by Crippen LogP contribution is -2.30. The SMILES string of the molecule is CN(Cc1cccc(Br)c1)C(CN)c1ccccc1. The molecule has 1 atom stereocenters. The predicted octanol–water partition coefficient (Wildman–Crippen LogP) is 3.58. The van der Waals surface area contributed by atoms with Crippen LogP contribution in [0.3, 0.4) is 0 Å². The lowest BCUT2D eigenvalue weighted by molar-refractivity contribution is 0.242. The Kier molecular flexibility index (Phi) is 5.14. The van der Waals surface area contributed by atoms with Gasteiger partial charge in [0, 0.05) is 23.6 Å². The zero-order chi connectivity index (χ0) is 13.7. The molecule has 0 aromatic heterocycles. The summed E-state index contributed by atoms with van der Waals surface area (Å²) in [6.45, 7) is 1.50. The summed E-state index contributed by atoms with van der Waals surface area (Å²) < 4.78 is 1.11. The maximum atomic E-state index is 5.94. The number of nitrogens with zero attached hydrogens (tertiary/aromatic N) is 1. The maximum Gasteiger partial charge on any atom is 0.0470 e. The van der Waals surface area contributed by atoms with Crippen molar-refractivity contribution in [3.05, 3.63) is 70.2 Å². The smallest absolute Gasteiger partial charge is 0.0470 e. The van der Waals surface area contributed by atoms with Crippen LogP contribution in [0.2, 0.25) is 0 Å². The van der Waals surface area contributed by atoms with Gasteiger partial charge in [-0.2, -0.15) is 0 Å². The highest BCUT2D eigenvalue weighted by Gasteiger charge is 2.15. The van der Waals surface area contributed by atoms with Crippen LogP contribution < -0.4 is 5.73 Å². The number of halogens is 1. The summed E-state index contributed by atoms with van der Waals surface area (Å²) in [5.74, 6) is 0. The van der Waals surface area contributed by atoms with Gasteiger partial charge in [-0.25, -0.2) is 0 Å². The fraction of sp³-hybridized carbons (Fsp3) is 0.250. The van der Waals surface area contributed by atoms with Crippen LogP contribution in [-0.2, 0) is 6.54 Å². The zero-order valence-electron chi connectivity index (χ0n) is 11.1. The first kappa shape index (κ1) is 14.3. The predicted molar refractivity (Wildman–Crippen MR) is 83.8 cm³/mol. The van der Waals surface area contributed by atoms with Gasteiger partial charge in [-0.05, 0) is 30.3 Å². The van der Waals surface area contributed by atoms with E-state index in [1.165, 1.54) is 11.1 Å². The Labute approximate surface area is 123 Å². The molecule has 0 aliphatic carbocycles. The second-order valence-corrected chi connectivity index (χ2v) is 5.62. The van der Waals surface area contributed by atoms with E-state index in [0.717, 1.165) is 11.0 Å². The summed E-state index contributed by atoms with van der Waals surface area (Å²) in [5.41, 5.74) is 8.49. The summed E-state index contributed by atoms with van der Waals surface area (Å²) >= 11 is 3.51. The molecule has 0 saturated heterocycles. The average molecular weight is 319 g/mol. The highest BCUT2D eigenvalue weighted by atomic mass is 79.9. The molecule has 3 heteroatoms. The van der Waals surface area contributed by atoms with Crippen molar-refractivity contribution in [3.63, 3.8) is 0 Å². The van der Waals surface area contributed by atoms with Crippen molar-refractivity contribution >= 4 is 15.9 Å². The van der Waals surface area contributed by atoms with Crippen molar-refractivity contribution in [2.45, 2.75) is 12.6 Å². The summed E-state index contributed by atoms with van der Waals surface area (Å²) in [7, 11) is 2.12. The first-order valence-electron chi connectivity index (χ1n) is 6.40. The van der Waals surface area contributed by atoms with Crippen LogP contribution in [0.25, 0.3) is 0 Å². The third-order valence-electron chi connectivity index (χ3n) is 3.26. The number of nitrogens with two attached hydrogens (primary N) is 1. The van der Waals surface area contributed by atoms with Gasteiger partial charge in [-0.1, -0.05) is 58.4 Å². The minimum Gasteiger partial charge on any atom is -0.329 e. The molecule has 2 aromatic rings. The molecule has 0 aliphatic rings. The van der Waals surface area contributed by atoms with Crippen molar-refractivity contribution in [2.75, 3.05) is 13.6 Å². The molecule has 0 heterocycles. The second-order valence-electron chi connectivity index (χ2n) is 4.71. The molecule has 2 rings (SSSR count). The van der Waals surface area contributed by atoms with E-state index >= 15 is 0 Å². The van der Waals surface area contributed by atoms with E-state index in [1.807, 2.05) is 12.1 Å². The van der Waals surface area contributed by atoms with Gasteiger partial charge in [0.15, 0.2) is 0 Å². The molecule has 0 fully saturated rings. The molecule has 0 radical (unpaired) electrons. The van der Waals surface area contributed by atoms with E-state index in [2.05, 4.69) is 70.3 Å². The Morgan fingerprint density at radius 1 is 1.11 bits per heavy atom. The van der Waals surface area contributed by atoms with Crippen LogP contribution in [0.4, 0.5) is 0 Å². The van der Waals surface area contributed by atoms with Gasteiger partial charge in [0.05, 0.1) is 0 Å². The Bertz CT molecular complexity index is 513. The van der Waals surface area contributed by atoms with Crippen molar-refractivity contribution < 1.29 is 0 Å². The lowest BCUT2D eigenvalue weighted by Gasteiger charge is -2.27. The first-order chi connectivity index (χ1) is 9.20. The maximum absolute atomic E-state index is 5.94. The summed E-state index contributed by atoms with van der Waals surface area (Å²) in [6, 6.07) is 19.1. The van der Waals surface area contributed by atoms with Crippen LogP contribution in [0.1, 0.15) is 17.2 Å². The Morgan fingerprint density at radius 3 is 2.47 bits per heavy atom. The van der Waals surface area contributed by atoms with Crippen molar-refractivity contribution in [1.29, 1.82) is 0 Å². The van der Waals surface area contributed by atoms with Crippen LogP contribution in [0.15, 0.2) is 59.1 Å². The molecule has 2 N–H and O–H groups in total. The molecule has 2 aromatic carbocycles. The quantitative estimate of drug-likeness (QED) is 0.913. The molecule has 19 heavy (non-hydrogen) atoms. The minimum absolute atomic E-state index is 0.250. The molecule has 0 amide bonds. The van der Waals surface area contributed by atoms with Crippen LogP contribution in [-0.4, -0.2) is 18.5 Å². The van der Waals surface area contributed by atoms with Crippen molar-refractivity contribution in [1.82, 2.24) is 4.90 Å². The fourth-order valence-electron chi connectivity index (χ4n) is 2.28. The van der Waals surface area contributed by atoms with E-state index in [0.29, 0.717) is 6.54 Å². The van der Waals surface area contributed by atoms with Crippen LogP contribution >= 0.6 is 15.9 Å². The molecule has 1 unspecified atom stereocenters. The molecule has 0 bridgehead atoms. The van der Waals surface area contributed by atoms with Gasteiger partial charge in [0.1, 0.15) is 0 Å². The molecule has 2 nitrogen and oxygen atoms in total. The number of hydrogen-bond donors (Lipinski definition) is 1. The van der Waals surface area contributed by atoms with Crippen LogP contribution in [0, 0.1) is 0 Å². The van der Waals surface area contributed by atoms with Gasteiger partial charge >= 0.3 is 0 Å². The van der Waals surface area contributed by atoms with Gasteiger partial charge in [-0.3, -0.25) is 4.90 Å². The fourth-order valence-corrected chi connectivity index (χ4v) is 2.73. The number of likely N-dealkylation sites (N-methyl/N-ethyl adjacent to an activating group) is 1. The topological polar surface area (TPSA) is 29.3 Å². The Morgan fingerprint density at radius 2 is 1.84 bits per heavy atom. The second kappa shape index (κ2) is 6.85. The van der Waals surface area contributed by atoms with Crippen molar-refractivity contribution in [2.24, 2.45) is 5.73 Å². The van der Waals surface area contributed by atoms with E-state index in [1.54, 1.807) is 0 Å². The molecular formula is C16H19BrN2. The number of hydrogen-bond acceptors (Lipinski definition) is 2. The first-order valence-corrected chi connectivity index (χ1v) is 7.19. The van der Waals surface area contributed by atoms with E-state index < -0.39 is 0 Å². The number of benzene rings is 2. The van der Waals surface area contributed by atoms with E-state index in [4.69, 9.17) is 5.73 Å². The van der Waals surface area contributed by atoms with Gasteiger partial charge in [0.25, 0.3) is 0 Å². The third kappa shape index (κ3) is 3.90. The summed E-state index contributed by atoms with van der Waals surface area (Å²) in [4.78, 5) is 2.29. The molecule has 0 spiro atoms. The van der Waals surface area contributed by atoms with E-state index in [9.17, 15) is 0 Å². The van der Waals surface area contributed by atoms with Gasteiger partial charge < -0.3 is 5.73 Å². The molecule has 0 saturated carbocycles. The highest BCUT2D eigenvalue weighted by molar-refractivity contribution is 9.10. The Balaban J connectivity index is 2.11. The van der Waals surface area contributed by atoms with Gasteiger partial charge in [-0.15, -0.1) is 0 Å². The standard InChI is InChI=1S/C16H19BrN2/c1-19(12-13-6-5-9-15(17)10-13)16(11-18)14-7-3-2-4-8-14/h2-10,16H,11-12,18H2,1H3. The van der Waals surface area contributed by atoms with E-state index in [-0.39, 0.29) is 6.04 Å². The summed E-state index contributed by atoms with van der Waals surface area (Å²) in [5, 5.41) is 0. The monoisotopic (exact) mass is 318 g/mol. The third-order valence-corrected chi connectivity index (χ3v) is 3.75. The molecule has 100 valence electrons. The molecule has 0 aliphatic heterocycles. The van der Waals surface area contributed by atoms with Crippen molar-refractivity contribution in [3.8, 4) is 0 Å².